The van der Waals surface area contributed by atoms with E-state index >= 15 is 0 Å². The summed E-state index contributed by atoms with van der Waals surface area (Å²) in [7, 11) is 0. The average Bonchev–Trinajstić information content (AvgIpc) is 2.56. The van der Waals surface area contributed by atoms with Crippen LogP contribution in [0.4, 0.5) is 0 Å². The van der Waals surface area contributed by atoms with Gasteiger partial charge in [-0.1, -0.05) is 11.6 Å². The average molecular weight is 228 g/mol. The van der Waals surface area contributed by atoms with Gasteiger partial charge < -0.3 is 4.57 Å². The maximum absolute atomic E-state index is 11.3. The summed E-state index contributed by atoms with van der Waals surface area (Å²) in [4.78, 5) is 19.8. The Hall–Kier alpha value is -1.20. The first kappa shape index (κ1) is 9.36. The highest BCUT2D eigenvalue weighted by molar-refractivity contribution is 7.15. The van der Waals surface area contributed by atoms with E-state index in [-0.39, 0.29) is 5.56 Å². The van der Waals surface area contributed by atoms with Crippen LogP contribution in [0.5, 0.6) is 0 Å². The van der Waals surface area contributed by atoms with E-state index in [0.29, 0.717) is 11.0 Å². The molecule has 0 atom stereocenters. The Labute approximate surface area is 88.8 Å². The highest BCUT2D eigenvalue weighted by Gasteiger charge is 2.01. The Morgan fingerprint density at radius 2 is 2.36 bits per heavy atom. The van der Waals surface area contributed by atoms with Gasteiger partial charge in [0.1, 0.15) is 0 Å². The van der Waals surface area contributed by atoms with E-state index in [2.05, 4.69) is 9.97 Å². The molecule has 0 aromatic carbocycles. The van der Waals surface area contributed by atoms with Gasteiger partial charge in [-0.15, -0.1) is 11.3 Å². The Balaban J connectivity index is 2.27. The minimum Gasteiger partial charge on any atom is -0.307 e. The van der Waals surface area contributed by atoms with Crippen LogP contribution < -0.4 is 5.56 Å². The molecule has 4 nitrogen and oxygen atoms in total. The van der Waals surface area contributed by atoms with Crippen molar-refractivity contribution in [3.63, 3.8) is 0 Å². The van der Waals surface area contributed by atoms with Crippen molar-refractivity contribution in [1.29, 1.82) is 0 Å². The maximum atomic E-state index is 11.3. The highest BCUT2D eigenvalue weighted by Crippen LogP contribution is 2.17. The minimum atomic E-state index is -0.128. The lowest BCUT2D eigenvalue weighted by molar-refractivity contribution is 0.756. The predicted molar refractivity (Wildman–Crippen MR) is 54.7 cm³/mol. The second kappa shape index (κ2) is 3.89. The van der Waals surface area contributed by atoms with E-state index in [4.69, 9.17) is 11.6 Å². The normalized spacial score (nSPS) is 10.4. The minimum absolute atomic E-state index is 0.128. The van der Waals surface area contributed by atoms with Crippen LogP contribution in [0.2, 0.25) is 4.47 Å². The molecule has 2 aromatic heterocycles. The van der Waals surface area contributed by atoms with Gasteiger partial charge in [0, 0.05) is 23.5 Å². The van der Waals surface area contributed by atoms with Gasteiger partial charge in [-0.25, -0.2) is 4.98 Å². The first-order chi connectivity index (χ1) is 6.75. The molecule has 0 saturated carbocycles. The molecule has 0 saturated heterocycles. The molecule has 0 N–H and O–H groups in total. The Kier molecular flexibility index (Phi) is 2.60. The van der Waals surface area contributed by atoms with Crippen molar-refractivity contribution in [1.82, 2.24) is 14.5 Å². The smallest absolute Gasteiger partial charge is 0.269 e. The van der Waals surface area contributed by atoms with Gasteiger partial charge in [0.2, 0.25) is 0 Å². The Bertz CT molecular complexity index is 493. The second-order valence-electron chi connectivity index (χ2n) is 2.62. The summed E-state index contributed by atoms with van der Waals surface area (Å²) in [5, 5.41) is 0. The summed E-state index contributed by atoms with van der Waals surface area (Å²) in [5.74, 6) is 0. The topological polar surface area (TPSA) is 47.8 Å². The fourth-order valence-electron chi connectivity index (χ4n) is 1.03. The Morgan fingerprint density at radius 1 is 1.50 bits per heavy atom. The van der Waals surface area contributed by atoms with Crippen LogP contribution in [-0.4, -0.2) is 14.5 Å². The number of hydrogen-bond donors (Lipinski definition) is 0. The monoisotopic (exact) mass is 227 g/mol. The maximum Gasteiger partial charge on any atom is 0.269 e. The van der Waals surface area contributed by atoms with Crippen molar-refractivity contribution in [2.45, 2.75) is 6.54 Å². The predicted octanol–water partition coefficient (Wildman–Crippen LogP) is 1.40. The zero-order valence-corrected chi connectivity index (χ0v) is 8.63. The lowest BCUT2D eigenvalue weighted by atomic mass is 10.5. The molecule has 14 heavy (non-hydrogen) atoms. The fourth-order valence-corrected chi connectivity index (χ4v) is 2.01. The van der Waals surface area contributed by atoms with E-state index in [1.807, 2.05) is 0 Å². The number of hydrogen-bond acceptors (Lipinski definition) is 4. The van der Waals surface area contributed by atoms with Crippen LogP contribution >= 0.6 is 22.9 Å². The van der Waals surface area contributed by atoms with Gasteiger partial charge in [0.15, 0.2) is 4.47 Å². The zero-order valence-electron chi connectivity index (χ0n) is 7.05. The van der Waals surface area contributed by atoms with Crippen LogP contribution in [0, 0.1) is 0 Å². The lowest BCUT2D eigenvalue weighted by Gasteiger charge is -2.00. The summed E-state index contributed by atoms with van der Waals surface area (Å²) in [6.45, 7) is 0.492. The third-order valence-electron chi connectivity index (χ3n) is 1.65. The van der Waals surface area contributed by atoms with E-state index in [1.54, 1.807) is 23.2 Å². The van der Waals surface area contributed by atoms with Crippen LogP contribution in [0.3, 0.4) is 0 Å². The molecule has 0 radical (unpaired) electrons. The van der Waals surface area contributed by atoms with Gasteiger partial charge in [0.25, 0.3) is 5.56 Å². The van der Waals surface area contributed by atoms with E-state index in [9.17, 15) is 4.79 Å². The van der Waals surface area contributed by atoms with Gasteiger partial charge in [-0.05, 0) is 0 Å². The molecule has 0 bridgehead atoms. The molecule has 0 unspecified atom stereocenters. The molecule has 2 rings (SSSR count). The highest BCUT2D eigenvalue weighted by atomic mass is 35.5. The van der Waals surface area contributed by atoms with Crippen LogP contribution in [0.25, 0.3) is 0 Å². The molecule has 0 amide bonds. The second-order valence-corrected chi connectivity index (χ2v) is 4.32. The van der Waals surface area contributed by atoms with E-state index in [1.165, 1.54) is 17.5 Å². The lowest BCUT2D eigenvalue weighted by Crippen LogP contribution is -2.18. The molecule has 6 heteroatoms. The number of rotatable bonds is 2. The zero-order chi connectivity index (χ0) is 9.97. The van der Waals surface area contributed by atoms with Crippen LogP contribution in [0.1, 0.15) is 4.88 Å². The van der Waals surface area contributed by atoms with Gasteiger partial charge >= 0.3 is 0 Å². The van der Waals surface area contributed by atoms with Gasteiger partial charge in [-0.3, -0.25) is 9.78 Å². The van der Waals surface area contributed by atoms with Crippen molar-refractivity contribution in [2.24, 2.45) is 0 Å². The molecule has 0 fully saturated rings. The van der Waals surface area contributed by atoms with Crippen molar-refractivity contribution < 1.29 is 0 Å². The summed E-state index contributed by atoms with van der Waals surface area (Å²) < 4.78 is 2.04. The largest absolute Gasteiger partial charge is 0.307 e. The summed E-state index contributed by atoms with van der Waals surface area (Å²) in [6.07, 6.45) is 6.16. The van der Waals surface area contributed by atoms with Gasteiger partial charge in [-0.2, -0.15) is 0 Å². The quantitative estimate of drug-likeness (QED) is 0.779. The molecule has 2 aromatic rings. The molecule has 0 spiro atoms. The number of thiazole rings is 1. The molecule has 0 aliphatic heterocycles. The van der Waals surface area contributed by atoms with Gasteiger partial charge in [0.05, 0.1) is 12.7 Å². The molecular weight excluding hydrogens is 222 g/mol. The molecule has 0 aliphatic rings. The molecule has 2 heterocycles. The SMILES string of the molecule is O=c1cnccn1Cc1cnc(Cl)s1. The Morgan fingerprint density at radius 3 is 3.00 bits per heavy atom. The molecule has 72 valence electrons. The van der Waals surface area contributed by atoms with Crippen molar-refractivity contribution in [3.05, 3.63) is 44.5 Å². The summed E-state index contributed by atoms with van der Waals surface area (Å²) in [5.41, 5.74) is -0.128. The van der Waals surface area contributed by atoms with Crippen molar-refractivity contribution in [3.8, 4) is 0 Å². The van der Waals surface area contributed by atoms with E-state index < -0.39 is 0 Å². The van der Waals surface area contributed by atoms with Crippen LogP contribution in [-0.2, 0) is 6.54 Å². The number of halogens is 1. The first-order valence-corrected chi connectivity index (χ1v) is 5.06. The van der Waals surface area contributed by atoms with Crippen molar-refractivity contribution >= 4 is 22.9 Å². The summed E-state index contributed by atoms with van der Waals surface area (Å²) >= 11 is 7.04. The fraction of sp³-hybridized carbons (Fsp3) is 0.125. The first-order valence-electron chi connectivity index (χ1n) is 3.86. The van der Waals surface area contributed by atoms with Crippen molar-refractivity contribution in [2.75, 3.05) is 0 Å². The van der Waals surface area contributed by atoms with Crippen LogP contribution in [0.15, 0.2) is 29.6 Å². The van der Waals surface area contributed by atoms with E-state index in [0.717, 1.165) is 4.88 Å². The third kappa shape index (κ3) is 2.00. The number of aromatic nitrogens is 3. The molecule has 0 aliphatic carbocycles. The number of nitrogens with zero attached hydrogens (tertiary/aromatic N) is 3. The standard InChI is InChI=1S/C8H6ClN3OS/c9-8-11-3-6(14-8)5-12-2-1-10-4-7(12)13/h1-4H,5H2. The summed E-state index contributed by atoms with van der Waals surface area (Å²) in [6, 6.07) is 0. The third-order valence-corrected chi connectivity index (χ3v) is 2.75. The molecular formula is C8H6ClN3OS.